The lowest BCUT2D eigenvalue weighted by Gasteiger charge is -2.30. The summed E-state index contributed by atoms with van der Waals surface area (Å²) >= 11 is 0. The average molecular weight is 176 g/mol. The molecule has 0 radical (unpaired) electrons. The summed E-state index contributed by atoms with van der Waals surface area (Å²) < 4.78 is 0. The maximum Gasteiger partial charge on any atom is 0.125 e. The quantitative estimate of drug-likeness (QED) is 0.653. The molecule has 13 heavy (non-hydrogen) atoms. The molecule has 1 aromatic rings. The van der Waals surface area contributed by atoms with Crippen molar-refractivity contribution in [2.75, 3.05) is 18.9 Å². The van der Waals surface area contributed by atoms with Crippen LogP contribution in [0.4, 0.5) is 5.82 Å². The summed E-state index contributed by atoms with van der Waals surface area (Å²) in [7, 11) is 5.82. The van der Waals surface area contributed by atoms with Crippen molar-refractivity contribution in [2.24, 2.45) is 0 Å². The number of hydrogen-bond acceptors (Lipinski definition) is 3. The van der Waals surface area contributed by atoms with Gasteiger partial charge in [0.2, 0.25) is 0 Å². The standard InChI is InChI=1S/C10H14N3/c1-11-10-4-3-8-7-13(2)6-5-9(8)12-10/h3-4H,2,5-7H2,1H3,(H,11,12)/q-1. The van der Waals surface area contributed by atoms with Gasteiger partial charge in [0, 0.05) is 19.2 Å². The first kappa shape index (κ1) is 8.51. The van der Waals surface area contributed by atoms with Gasteiger partial charge in [-0.3, -0.25) is 7.05 Å². The Morgan fingerprint density at radius 2 is 2.38 bits per heavy atom. The van der Waals surface area contributed by atoms with Crippen LogP contribution in [0.1, 0.15) is 11.3 Å². The molecule has 0 atom stereocenters. The fourth-order valence-corrected chi connectivity index (χ4v) is 1.61. The molecular formula is C10H14N3-. The van der Waals surface area contributed by atoms with Gasteiger partial charge >= 0.3 is 0 Å². The van der Waals surface area contributed by atoms with E-state index in [0.29, 0.717) is 0 Å². The van der Waals surface area contributed by atoms with E-state index in [1.54, 1.807) is 0 Å². The van der Waals surface area contributed by atoms with E-state index in [2.05, 4.69) is 28.3 Å². The number of nitrogens with zero attached hydrogens (tertiary/aromatic N) is 2. The lowest BCUT2D eigenvalue weighted by atomic mass is 10.1. The molecule has 0 aliphatic carbocycles. The average Bonchev–Trinajstić information content (AvgIpc) is 2.17. The van der Waals surface area contributed by atoms with Crippen LogP contribution in [-0.4, -0.2) is 23.5 Å². The van der Waals surface area contributed by atoms with Crippen molar-refractivity contribution >= 4 is 5.82 Å². The molecule has 1 aromatic heterocycles. The first-order chi connectivity index (χ1) is 6.29. The molecule has 2 rings (SSSR count). The minimum Gasteiger partial charge on any atom is -0.455 e. The predicted molar refractivity (Wildman–Crippen MR) is 53.3 cm³/mol. The van der Waals surface area contributed by atoms with Crippen molar-refractivity contribution in [2.45, 2.75) is 13.0 Å². The Labute approximate surface area is 78.8 Å². The van der Waals surface area contributed by atoms with Gasteiger partial charge in [0.05, 0.1) is 0 Å². The molecule has 2 heterocycles. The molecule has 0 fully saturated rings. The second-order valence-electron chi connectivity index (χ2n) is 3.35. The zero-order valence-corrected chi connectivity index (χ0v) is 7.88. The SMILES string of the molecule is [CH2-]N1CCc2nc(NC)ccc2C1. The molecule has 0 saturated heterocycles. The molecule has 3 nitrogen and oxygen atoms in total. The number of nitrogens with one attached hydrogen (secondary N) is 1. The summed E-state index contributed by atoms with van der Waals surface area (Å²) in [5, 5.41) is 3.05. The van der Waals surface area contributed by atoms with Crippen LogP contribution >= 0.6 is 0 Å². The van der Waals surface area contributed by atoms with Crippen LogP contribution in [0.2, 0.25) is 0 Å². The fourth-order valence-electron chi connectivity index (χ4n) is 1.61. The number of rotatable bonds is 1. The van der Waals surface area contributed by atoms with Crippen molar-refractivity contribution in [3.63, 3.8) is 0 Å². The third-order valence-electron chi connectivity index (χ3n) is 2.38. The van der Waals surface area contributed by atoms with E-state index < -0.39 is 0 Å². The molecule has 0 aromatic carbocycles. The second-order valence-corrected chi connectivity index (χ2v) is 3.35. The van der Waals surface area contributed by atoms with Crippen molar-refractivity contribution in [3.8, 4) is 0 Å². The summed E-state index contributed by atoms with van der Waals surface area (Å²) in [6, 6.07) is 4.14. The fraction of sp³-hybridized carbons (Fsp3) is 0.400. The molecule has 0 amide bonds. The molecule has 0 spiro atoms. The lowest BCUT2D eigenvalue weighted by molar-refractivity contribution is 0.344. The van der Waals surface area contributed by atoms with Gasteiger partial charge in [-0.15, -0.1) is 0 Å². The number of anilines is 1. The third kappa shape index (κ3) is 1.65. The first-order valence-electron chi connectivity index (χ1n) is 4.51. The van der Waals surface area contributed by atoms with Gasteiger partial charge in [-0.2, -0.15) is 0 Å². The monoisotopic (exact) mass is 176 g/mol. The van der Waals surface area contributed by atoms with Crippen LogP contribution < -0.4 is 5.32 Å². The molecule has 0 saturated carbocycles. The van der Waals surface area contributed by atoms with E-state index in [-0.39, 0.29) is 0 Å². The molecule has 0 unspecified atom stereocenters. The van der Waals surface area contributed by atoms with Gasteiger partial charge in [0.25, 0.3) is 0 Å². The van der Waals surface area contributed by atoms with Gasteiger partial charge in [-0.05, 0) is 24.7 Å². The van der Waals surface area contributed by atoms with Crippen LogP contribution in [-0.2, 0) is 13.0 Å². The second kappa shape index (κ2) is 3.34. The van der Waals surface area contributed by atoms with Gasteiger partial charge in [-0.25, -0.2) is 4.98 Å². The van der Waals surface area contributed by atoms with E-state index in [1.807, 2.05) is 13.1 Å². The summed E-state index contributed by atoms with van der Waals surface area (Å²) in [6.07, 6.45) is 1.01. The zero-order chi connectivity index (χ0) is 9.26. The summed E-state index contributed by atoms with van der Waals surface area (Å²) in [5.41, 5.74) is 2.52. The van der Waals surface area contributed by atoms with Gasteiger partial charge in [-0.1, -0.05) is 6.07 Å². The first-order valence-corrected chi connectivity index (χ1v) is 4.51. The van der Waals surface area contributed by atoms with Crippen molar-refractivity contribution in [1.82, 2.24) is 9.88 Å². The molecule has 1 aliphatic heterocycles. The maximum atomic E-state index is 4.50. The highest BCUT2D eigenvalue weighted by Gasteiger charge is 2.10. The zero-order valence-electron chi connectivity index (χ0n) is 7.88. The van der Waals surface area contributed by atoms with Crippen LogP contribution in [0.25, 0.3) is 0 Å². The topological polar surface area (TPSA) is 28.2 Å². The summed E-state index contributed by atoms with van der Waals surface area (Å²) in [5.74, 6) is 0.955. The van der Waals surface area contributed by atoms with Crippen molar-refractivity contribution in [3.05, 3.63) is 30.4 Å². The maximum absolute atomic E-state index is 4.50. The molecule has 1 N–H and O–H groups in total. The van der Waals surface area contributed by atoms with Crippen LogP contribution in [0.15, 0.2) is 12.1 Å². The Bertz CT molecular complexity index is 309. The van der Waals surface area contributed by atoms with Crippen LogP contribution in [0.3, 0.4) is 0 Å². The highest BCUT2D eigenvalue weighted by atomic mass is 15.1. The molecule has 70 valence electrons. The Morgan fingerprint density at radius 3 is 3.15 bits per heavy atom. The van der Waals surface area contributed by atoms with E-state index in [4.69, 9.17) is 0 Å². The molecule has 1 aliphatic rings. The molecule has 0 bridgehead atoms. The van der Waals surface area contributed by atoms with Crippen LogP contribution in [0, 0.1) is 7.05 Å². The number of fused-ring (bicyclic) bond motifs is 1. The smallest absolute Gasteiger partial charge is 0.125 e. The van der Waals surface area contributed by atoms with Crippen molar-refractivity contribution in [1.29, 1.82) is 0 Å². The van der Waals surface area contributed by atoms with Gasteiger partial charge < -0.3 is 10.2 Å². The third-order valence-corrected chi connectivity index (χ3v) is 2.38. The van der Waals surface area contributed by atoms with Gasteiger partial charge in [0.1, 0.15) is 5.82 Å². The predicted octanol–water partition coefficient (Wildman–Crippen LogP) is 1.27. The number of pyridine rings is 1. The molecular weight excluding hydrogens is 162 g/mol. The number of aromatic nitrogens is 1. The Balaban J connectivity index is 2.31. The highest BCUT2D eigenvalue weighted by Crippen LogP contribution is 2.18. The Hall–Kier alpha value is -1.09. The minimum absolute atomic E-state index is 0.923. The Morgan fingerprint density at radius 1 is 1.54 bits per heavy atom. The van der Waals surface area contributed by atoms with E-state index in [9.17, 15) is 0 Å². The summed E-state index contributed by atoms with van der Waals surface area (Å²) in [4.78, 5) is 6.57. The normalized spacial score (nSPS) is 16.8. The Kier molecular flexibility index (Phi) is 2.19. The van der Waals surface area contributed by atoms with Crippen LogP contribution in [0.5, 0.6) is 0 Å². The van der Waals surface area contributed by atoms with E-state index in [1.165, 1.54) is 11.3 Å². The van der Waals surface area contributed by atoms with E-state index in [0.717, 1.165) is 25.3 Å². The lowest BCUT2D eigenvalue weighted by Crippen LogP contribution is -2.25. The molecule has 3 heteroatoms. The van der Waals surface area contributed by atoms with Crippen molar-refractivity contribution < 1.29 is 0 Å². The highest BCUT2D eigenvalue weighted by molar-refractivity contribution is 5.38. The summed E-state index contributed by atoms with van der Waals surface area (Å²) in [6.45, 7) is 1.93. The largest absolute Gasteiger partial charge is 0.455 e. The number of hydrogen-bond donors (Lipinski definition) is 1. The minimum atomic E-state index is 0.923. The van der Waals surface area contributed by atoms with E-state index >= 15 is 0 Å². The van der Waals surface area contributed by atoms with Gasteiger partial charge in [0.15, 0.2) is 0 Å².